The molecule has 6 heteroatoms. The molecular weight excluding hydrogens is 328 g/mol. The third-order valence-corrected chi connectivity index (χ3v) is 4.00. The number of rotatable bonds is 4. The second kappa shape index (κ2) is 6.93. The van der Waals surface area contributed by atoms with Gasteiger partial charge in [-0.3, -0.25) is 9.59 Å². The van der Waals surface area contributed by atoms with E-state index in [1.54, 1.807) is 30.0 Å². The number of fused-ring (bicyclic) bond motifs is 1. The zero-order valence-corrected chi connectivity index (χ0v) is 13.9. The lowest BCUT2D eigenvalue weighted by Gasteiger charge is -2.33. The number of benzene rings is 2. The summed E-state index contributed by atoms with van der Waals surface area (Å²) >= 11 is 5.50. The summed E-state index contributed by atoms with van der Waals surface area (Å²) in [5.74, 6) is 0.0550. The maximum atomic E-state index is 12.5. The molecule has 1 heterocycles. The van der Waals surface area contributed by atoms with Crippen LogP contribution in [0.1, 0.15) is 12.5 Å². The molecule has 0 saturated heterocycles. The summed E-state index contributed by atoms with van der Waals surface area (Å²) in [6.07, 6.45) is -0.583. The van der Waals surface area contributed by atoms with Gasteiger partial charge in [0.15, 0.2) is 6.10 Å². The van der Waals surface area contributed by atoms with Crippen LogP contribution in [0.15, 0.2) is 48.5 Å². The number of amides is 2. The van der Waals surface area contributed by atoms with Gasteiger partial charge in [0.1, 0.15) is 11.6 Å². The van der Waals surface area contributed by atoms with Crippen LogP contribution in [0, 0.1) is 0 Å². The lowest BCUT2D eigenvalue weighted by atomic mass is 10.1. The molecule has 0 fully saturated rings. The smallest absolute Gasteiger partial charge is 0.268 e. The molecule has 2 aromatic rings. The van der Waals surface area contributed by atoms with E-state index in [1.807, 2.05) is 30.3 Å². The van der Waals surface area contributed by atoms with E-state index in [9.17, 15) is 9.59 Å². The van der Waals surface area contributed by atoms with Crippen molar-refractivity contribution in [3.05, 3.63) is 54.1 Å². The van der Waals surface area contributed by atoms with Crippen LogP contribution >= 0.6 is 11.6 Å². The number of halogens is 1. The van der Waals surface area contributed by atoms with Crippen LogP contribution in [0.4, 0.5) is 11.4 Å². The lowest BCUT2D eigenvalue weighted by molar-refractivity contribution is -0.125. The quantitative estimate of drug-likeness (QED) is 0.867. The molecule has 0 aliphatic carbocycles. The first kappa shape index (κ1) is 16.3. The number of carbonyl (C=O) groups excluding carboxylic acids is 2. The molecule has 2 amide bonds. The van der Waals surface area contributed by atoms with Gasteiger partial charge >= 0.3 is 0 Å². The van der Waals surface area contributed by atoms with Crippen molar-refractivity contribution in [2.45, 2.75) is 19.6 Å². The van der Waals surface area contributed by atoms with Crippen molar-refractivity contribution in [1.82, 2.24) is 0 Å². The van der Waals surface area contributed by atoms with E-state index in [1.165, 1.54) is 0 Å². The van der Waals surface area contributed by atoms with Gasteiger partial charge in [0.05, 0.1) is 12.2 Å². The predicted octanol–water partition coefficient (Wildman–Crippen LogP) is 3.18. The van der Waals surface area contributed by atoms with E-state index >= 15 is 0 Å². The van der Waals surface area contributed by atoms with E-state index in [2.05, 4.69) is 5.32 Å². The van der Waals surface area contributed by atoms with Crippen molar-refractivity contribution in [2.75, 3.05) is 16.1 Å². The first-order chi connectivity index (χ1) is 11.6. The Morgan fingerprint density at radius 3 is 2.71 bits per heavy atom. The average molecular weight is 345 g/mol. The predicted molar refractivity (Wildman–Crippen MR) is 93.5 cm³/mol. The fraction of sp³-hybridized carbons (Fsp3) is 0.222. The molecular formula is C18H17ClN2O3. The summed E-state index contributed by atoms with van der Waals surface area (Å²) in [5, 5.41) is 2.68. The van der Waals surface area contributed by atoms with Gasteiger partial charge in [0, 0.05) is 11.8 Å². The molecule has 1 atom stereocenters. The number of alkyl halides is 1. The molecule has 1 N–H and O–H groups in total. The topological polar surface area (TPSA) is 58.6 Å². The minimum atomic E-state index is -0.583. The highest BCUT2D eigenvalue weighted by Gasteiger charge is 2.31. The molecule has 0 spiro atoms. The van der Waals surface area contributed by atoms with Gasteiger partial charge in [0.25, 0.3) is 5.91 Å². The summed E-state index contributed by atoms with van der Waals surface area (Å²) in [4.78, 5) is 25.6. The monoisotopic (exact) mass is 344 g/mol. The fourth-order valence-electron chi connectivity index (χ4n) is 2.61. The molecule has 24 heavy (non-hydrogen) atoms. The van der Waals surface area contributed by atoms with E-state index < -0.39 is 6.10 Å². The largest absolute Gasteiger partial charge is 0.479 e. The second-order valence-corrected chi connectivity index (χ2v) is 5.80. The van der Waals surface area contributed by atoms with Gasteiger partial charge in [0.2, 0.25) is 5.91 Å². The Hall–Kier alpha value is -2.53. The summed E-state index contributed by atoms with van der Waals surface area (Å²) in [6, 6.07) is 15.0. The standard InChI is InChI=1S/C18H17ClN2O3/c1-12-18(23)21(11-13-5-3-2-4-6-13)15-8-7-14(9-16(15)24-12)20-17(22)10-19/h2-9,12H,10-11H2,1H3,(H,20,22). The summed E-state index contributed by atoms with van der Waals surface area (Å²) < 4.78 is 5.69. The summed E-state index contributed by atoms with van der Waals surface area (Å²) in [5.41, 5.74) is 2.30. The highest BCUT2D eigenvalue weighted by Crippen LogP contribution is 2.37. The maximum absolute atomic E-state index is 12.5. The zero-order chi connectivity index (χ0) is 17.1. The highest BCUT2D eigenvalue weighted by molar-refractivity contribution is 6.29. The average Bonchev–Trinajstić information content (AvgIpc) is 2.59. The van der Waals surface area contributed by atoms with Crippen molar-refractivity contribution >= 4 is 34.8 Å². The normalized spacial score (nSPS) is 16.3. The Morgan fingerprint density at radius 1 is 1.25 bits per heavy atom. The van der Waals surface area contributed by atoms with Crippen LogP contribution in [0.25, 0.3) is 0 Å². The van der Waals surface area contributed by atoms with Crippen molar-refractivity contribution in [2.24, 2.45) is 0 Å². The molecule has 124 valence electrons. The third kappa shape index (κ3) is 3.36. The number of nitrogens with one attached hydrogen (secondary N) is 1. The van der Waals surface area contributed by atoms with Crippen LogP contribution in [0.5, 0.6) is 5.75 Å². The molecule has 0 radical (unpaired) electrons. The first-order valence-corrected chi connectivity index (χ1v) is 8.14. The van der Waals surface area contributed by atoms with Gasteiger partial charge in [-0.05, 0) is 24.6 Å². The Kier molecular flexibility index (Phi) is 4.71. The lowest BCUT2D eigenvalue weighted by Crippen LogP contribution is -2.44. The molecule has 1 unspecified atom stereocenters. The van der Waals surface area contributed by atoms with Crippen molar-refractivity contribution in [1.29, 1.82) is 0 Å². The van der Waals surface area contributed by atoms with Crippen molar-refractivity contribution < 1.29 is 14.3 Å². The Bertz CT molecular complexity index is 764. The van der Waals surface area contributed by atoms with Gasteiger partial charge in [-0.2, -0.15) is 0 Å². The van der Waals surface area contributed by atoms with E-state index in [0.717, 1.165) is 5.56 Å². The van der Waals surface area contributed by atoms with E-state index in [4.69, 9.17) is 16.3 Å². The number of anilines is 2. The SMILES string of the molecule is CC1Oc2cc(NC(=O)CCl)ccc2N(Cc2ccccc2)C1=O. The van der Waals surface area contributed by atoms with Gasteiger partial charge in [-0.25, -0.2) is 0 Å². The zero-order valence-electron chi connectivity index (χ0n) is 13.2. The van der Waals surface area contributed by atoms with Crippen LogP contribution in [-0.4, -0.2) is 23.8 Å². The van der Waals surface area contributed by atoms with Gasteiger partial charge < -0.3 is 15.0 Å². The number of ether oxygens (including phenoxy) is 1. The van der Waals surface area contributed by atoms with Crippen LogP contribution < -0.4 is 15.0 Å². The van der Waals surface area contributed by atoms with E-state index in [-0.39, 0.29) is 17.7 Å². The first-order valence-electron chi connectivity index (χ1n) is 7.60. The third-order valence-electron chi connectivity index (χ3n) is 3.76. The maximum Gasteiger partial charge on any atom is 0.268 e. The fourth-order valence-corrected chi connectivity index (χ4v) is 2.68. The summed E-state index contributed by atoms with van der Waals surface area (Å²) in [7, 11) is 0. The second-order valence-electron chi connectivity index (χ2n) is 5.53. The minimum absolute atomic E-state index is 0.0936. The van der Waals surface area contributed by atoms with Crippen molar-refractivity contribution in [3.8, 4) is 5.75 Å². The molecule has 1 aliphatic rings. The number of nitrogens with zero attached hydrogens (tertiary/aromatic N) is 1. The molecule has 0 aromatic heterocycles. The number of hydrogen-bond acceptors (Lipinski definition) is 3. The Morgan fingerprint density at radius 2 is 2.00 bits per heavy atom. The van der Waals surface area contributed by atoms with Crippen LogP contribution in [-0.2, 0) is 16.1 Å². The molecule has 5 nitrogen and oxygen atoms in total. The molecule has 1 aliphatic heterocycles. The Labute approximate surface area is 145 Å². The van der Waals surface area contributed by atoms with Crippen molar-refractivity contribution in [3.63, 3.8) is 0 Å². The molecule has 0 bridgehead atoms. The van der Waals surface area contributed by atoms with Gasteiger partial charge in [-0.15, -0.1) is 11.6 Å². The van der Waals surface area contributed by atoms with Crippen LogP contribution in [0.3, 0.4) is 0 Å². The molecule has 3 rings (SSSR count). The molecule has 0 saturated carbocycles. The van der Waals surface area contributed by atoms with E-state index in [0.29, 0.717) is 23.7 Å². The minimum Gasteiger partial charge on any atom is -0.479 e. The summed E-state index contributed by atoms with van der Waals surface area (Å²) in [6.45, 7) is 2.18. The number of hydrogen-bond donors (Lipinski definition) is 1. The van der Waals surface area contributed by atoms with Crippen LogP contribution in [0.2, 0.25) is 0 Å². The highest BCUT2D eigenvalue weighted by atomic mass is 35.5. The molecule has 2 aromatic carbocycles. The Balaban J connectivity index is 1.91. The number of carbonyl (C=O) groups is 2. The van der Waals surface area contributed by atoms with Gasteiger partial charge in [-0.1, -0.05) is 30.3 Å².